The van der Waals surface area contributed by atoms with Gasteiger partial charge in [-0.3, -0.25) is 0 Å². The van der Waals surface area contributed by atoms with Crippen molar-refractivity contribution in [2.45, 2.75) is 24.9 Å². The van der Waals surface area contributed by atoms with Crippen LogP contribution in [0, 0.1) is 0 Å². The third-order valence-electron chi connectivity index (χ3n) is 1.67. The topological polar surface area (TPSA) is 64.7 Å². The third-order valence-corrected chi connectivity index (χ3v) is 1.67. The molecule has 0 aromatic carbocycles. The van der Waals surface area contributed by atoms with Crippen molar-refractivity contribution >= 4 is 0 Å². The summed E-state index contributed by atoms with van der Waals surface area (Å²) in [5.74, 6) is 0. The molecule has 4 nitrogen and oxygen atoms in total. The quantitative estimate of drug-likeness (QED) is 0.503. The Morgan fingerprint density at radius 2 is 2.40 bits per heavy atom. The van der Waals surface area contributed by atoms with E-state index in [1.165, 1.54) is 0 Å². The monoisotopic (exact) mass is 147 g/mol. The molecule has 1 aliphatic heterocycles. The second-order valence-electron chi connectivity index (χ2n) is 2.47. The highest BCUT2D eigenvalue weighted by atomic mass is 16.7. The lowest BCUT2D eigenvalue weighted by molar-refractivity contribution is -0.178. The van der Waals surface area contributed by atoms with E-state index in [0.29, 0.717) is 6.42 Å². The molecule has 10 heavy (non-hydrogen) atoms. The zero-order chi connectivity index (χ0) is 7.56. The zero-order valence-corrected chi connectivity index (χ0v) is 5.99. The smallest absolute Gasteiger partial charge is 0.158 e. The number of nitrogens with two attached hydrogens (primary N) is 1. The van der Waals surface area contributed by atoms with Crippen LogP contribution in [0.2, 0.25) is 0 Å². The molecule has 3 atom stereocenters. The summed E-state index contributed by atoms with van der Waals surface area (Å²) in [6, 6.07) is -0.210. The van der Waals surface area contributed by atoms with Crippen LogP contribution in [0.5, 0.6) is 0 Å². The van der Waals surface area contributed by atoms with Gasteiger partial charge in [0.2, 0.25) is 0 Å². The first-order valence-corrected chi connectivity index (χ1v) is 3.32. The molecule has 1 unspecified atom stereocenters. The summed E-state index contributed by atoms with van der Waals surface area (Å²) in [4.78, 5) is 0. The van der Waals surface area contributed by atoms with Crippen molar-refractivity contribution in [1.82, 2.24) is 0 Å². The maximum Gasteiger partial charge on any atom is 0.158 e. The first-order valence-electron chi connectivity index (χ1n) is 3.32. The number of methoxy groups -OCH3 is 1. The predicted octanol–water partition coefficient (Wildman–Crippen LogP) is -0.933. The minimum Gasteiger partial charge on any atom is -0.389 e. The standard InChI is InChI=1S/C6H13NO3/c1-9-6-2-4(7)5(8)3-10-6/h4-6,8H,2-3,7H2,1H3/t4-,5+,6?/m1/s1. The summed E-state index contributed by atoms with van der Waals surface area (Å²) >= 11 is 0. The number of rotatable bonds is 1. The van der Waals surface area contributed by atoms with Crippen LogP contribution in [0.15, 0.2) is 0 Å². The summed E-state index contributed by atoms with van der Waals surface area (Å²) in [6.07, 6.45) is -0.206. The van der Waals surface area contributed by atoms with Crippen LogP contribution < -0.4 is 5.73 Å². The highest BCUT2D eigenvalue weighted by Gasteiger charge is 2.26. The number of hydrogen-bond donors (Lipinski definition) is 2. The Labute approximate surface area is 59.9 Å². The van der Waals surface area contributed by atoms with E-state index in [2.05, 4.69) is 0 Å². The Morgan fingerprint density at radius 1 is 1.70 bits per heavy atom. The molecule has 0 spiro atoms. The molecule has 0 radical (unpaired) electrons. The zero-order valence-electron chi connectivity index (χ0n) is 5.99. The van der Waals surface area contributed by atoms with E-state index in [1.807, 2.05) is 0 Å². The lowest BCUT2D eigenvalue weighted by atomic mass is 10.1. The molecule has 4 heteroatoms. The summed E-state index contributed by atoms with van der Waals surface area (Å²) in [6.45, 7) is 0.277. The number of aliphatic hydroxyl groups is 1. The van der Waals surface area contributed by atoms with Gasteiger partial charge in [0.05, 0.1) is 12.7 Å². The highest BCUT2D eigenvalue weighted by Crippen LogP contribution is 2.12. The molecule has 0 bridgehead atoms. The molecule has 0 aromatic heterocycles. The Morgan fingerprint density at radius 3 is 2.90 bits per heavy atom. The molecule has 0 saturated carbocycles. The van der Waals surface area contributed by atoms with Crippen molar-refractivity contribution in [3.05, 3.63) is 0 Å². The molecule has 0 aliphatic carbocycles. The minimum absolute atomic E-state index is 0.210. The van der Waals surface area contributed by atoms with Crippen LogP contribution in [0.3, 0.4) is 0 Å². The van der Waals surface area contributed by atoms with Crippen LogP contribution in [-0.4, -0.2) is 37.3 Å². The van der Waals surface area contributed by atoms with Gasteiger partial charge in [-0.15, -0.1) is 0 Å². The van der Waals surface area contributed by atoms with Crippen molar-refractivity contribution in [1.29, 1.82) is 0 Å². The molecular weight excluding hydrogens is 134 g/mol. The van der Waals surface area contributed by atoms with Crippen LogP contribution in [0.1, 0.15) is 6.42 Å². The van der Waals surface area contributed by atoms with Crippen molar-refractivity contribution < 1.29 is 14.6 Å². The van der Waals surface area contributed by atoms with Crippen LogP contribution >= 0.6 is 0 Å². The van der Waals surface area contributed by atoms with Crippen LogP contribution in [0.25, 0.3) is 0 Å². The van der Waals surface area contributed by atoms with Gasteiger partial charge >= 0.3 is 0 Å². The van der Waals surface area contributed by atoms with Gasteiger partial charge < -0.3 is 20.3 Å². The van der Waals surface area contributed by atoms with Crippen molar-refractivity contribution in [2.75, 3.05) is 13.7 Å². The number of hydrogen-bond acceptors (Lipinski definition) is 4. The molecule has 0 amide bonds. The molecule has 1 heterocycles. The van der Waals surface area contributed by atoms with E-state index in [-0.39, 0.29) is 18.9 Å². The van der Waals surface area contributed by atoms with Crippen LogP contribution in [-0.2, 0) is 9.47 Å². The maximum absolute atomic E-state index is 9.09. The highest BCUT2D eigenvalue weighted by molar-refractivity contribution is 4.76. The van der Waals surface area contributed by atoms with Crippen molar-refractivity contribution in [3.63, 3.8) is 0 Å². The summed E-state index contributed by atoms with van der Waals surface area (Å²) in [5.41, 5.74) is 5.53. The Balaban J connectivity index is 2.33. The van der Waals surface area contributed by atoms with Gasteiger partial charge in [0, 0.05) is 19.6 Å². The second-order valence-corrected chi connectivity index (χ2v) is 2.47. The van der Waals surface area contributed by atoms with Crippen molar-refractivity contribution in [2.24, 2.45) is 5.73 Å². The first-order chi connectivity index (χ1) is 4.74. The number of ether oxygens (including phenoxy) is 2. The average molecular weight is 147 g/mol. The van der Waals surface area contributed by atoms with E-state index in [9.17, 15) is 0 Å². The van der Waals surface area contributed by atoms with Gasteiger partial charge in [-0.25, -0.2) is 0 Å². The van der Waals surface area contributed by atoms with Gasteiger partial charge in [0.1, 0.15) is 0 Å². The Bertz CT molecular complexity index is 109. The molecule has 3 N–H and O–H groups in total. The Hall–Kier alpha value is -0.160. The summed E-state index contributed by atoms with van der Waals surface area (Å²) in [5, 5.41) is 9.09. The van der Waals surface area contributed by atoms with E-state index >= 15 is 0 Å². The third kappa shape index (κ3) is 1.67. The van der Waals surface area contributed by atoms with E-state index in [4.69, 9.17) is 20.3 Å². The average Bonchev–Trinajstić information content (AvgIpc) is 1.95. The first kappa shape index (κ1) is 7.94. The van der Waals surface area contributed by atoms with E-state index < -0.39 is 6.10 Å². The van der Waals surface area contributed by atoms with Gasteiger partial charge in [0.25, 0.3) is 0 Å². The van der Waals surface area contributed by atoms with Crippen molar-refractivity contribution in [3.8, 4) is 0 Å². The summed E-state index contributed by atoms with van der Waals surface area (Å²) < 4.78 is 9.95. The second kappa shape index (κ2) is 3.30. The molecule has 0 aromatic rings. The Kier molecular flexibility index (Phi) is 2.62. The molecule has 1 fully saturated rings. The molecule has 1 rings (SSSR count). The normalized spacial score (nSPS) is 41.7. The SMILES string of the molecule is COC1C[C@@H](N)[C@@H](O)CO1. The van der Waals surface area contributed by atoms with Crippen LogP contribution in [0.4, 0.5) is 0 Å². The largest absolute Gasteiger partial charge is 0.389 e. The van der Waals surface area contributed by atoms with Gasteiger partial charge in [0.15, 0.2) is 6.29 Å². The predicted molar refractivity (Wildman–Crippen MR) is 35.3 cm³/mol. The lowest BCUT2D eigenvalue weighted by Gasteiger charge is -2.29. The van der Waals surface area contributed by atoms with Gasteiger partial charge in [-0.2, -0.15) is 0 Å². The lowest BCUT2D eigenvalue weighted by Crippen LogP contribution is -2.46. The molecular formula is C6H13NO3. The van der Waals surface area contributed by atoms with E-state index in [1.54, 1.807) is 7.11 Å². The fourth-order valence-electron chi connectivity index (χ4n) is 0.941. The van der Waals surface area contributed by atoms with E-state index in [0.717, 1.165) is 0 Å². The van der Waals surface area contributed by atoms with Gasteiger partial charge in [-0.05, 0) is 0 Å². The van der Waals surface area contributed by atoms with Gasteiger partial charge in [-0.1, -0.05) is 0 Å². The fraction of sp³-hybridized carbons (Fsp3) is 1.00. The summed E-state index contributed by atoms with van der Waals surface area (Å²) in [7, 11) is 1.56. The molecule has 60 valence electrons. The molecule has 1 aliphatic rings. The number of aliphatic hydroxyl groups excluding tert-OH is 1. The minimum atomic E-state index is -0.536. The maximum atomic E-state index is 9.09. The molecule has 1 saturated heterocycles. The fourth-order valence-corrected chi connectivity index (χ4v) is 0.941.